The van der Waals surface area contributed by atoms with Crippen molar-refractivity contribution in [3.63, 3.8) is 0 Å². The summed E-state index contributed by atoms with van der Waals surface area (Å²) >= 11 is 3.03. The zero-order valence-corrected chi connectivity index (χ0v) is 10.3. The number of ether oxygens (including phenoxy) is 1. The van der Waals surface area contributed by atoms with Crippen molar-refractivity contribution >= 4 is 21.9 Å². The SMILES string of the molecule is COC(=O)c1cc(C(F)F)c(C#N)c(CBr)n1. The first-order chi connectivity index (χ1) is 8.04. The Kier molecular flexibility index (Phi) is 4.52. The lowest BCUT2D eigenvalue weighted by Crippen LogP contribution is -2.09. The molecule has 1 aromatic rings. The van der Waals surface area contributed by atoms with E-state index in [1.54, 1.807) is 6.07 Å². The highest BCUT2D eigenvalue weighted by molar-refractivity contribution is 9.08. The van der Waals surface area contributed by atoms with Crippen LogP contribution < -0.4 is 0 Å². The Bertz CT molecular complexity index is 486. The minimum Gasteiger partial charge on any atom is -0.464 e. The van der Waals surface area contributed by atoms with Gasteiger partial charge in [-0.25, -0.2) is 18.6 Å². The first-order valence-electron chi connectivity index (χ1n) is 4.41. The molecule has 0 N–H and O–H groups in total. The molecule has 0 radical (unpaired) electrons. The van der Waals surface area contributed by atoms with E-state index >= 15 is 0 Å². The van der Waals surface area contributed by atoms with Gasteiger partial charge < -0.3 is 4.74 Å². The van der Waals surface area contributed by atoms with E-state index in [1.807, 2.05) is 0 Å². The molecule has 0 fully saturated rings. The number of nitriles is 1. The fourth-order valence-electron chi connectivity index (χ4n) is 1.23. The summed E-state index contributed by atoms with van der Waals surface area (Å²) in [5.41, 5.74) is -0.885. The van der Waals surface area contributed by atoms with Crippen molar-refractivity contribution in [1.82, 2.24) is 4.98 Å². The number of nitrogens with zero attached hydrogens (tertiary/aromatic N) is 2. The lowest BCUT2D eigenvalue weighted by molar-refractivity contribution is 0.0593. The number of hydrogen-bond donors (Lipinski definition) is 0. The van der Waals surface area contributed by atoms with Crippen LogP contribution in [0.15, 0.2) is 6.07 Å². The number of halogens is 3. The smallest absolute Gasteiger partial charge is 0.356 e. The minimum absolute atomic E-state index is 0.0886. The highest BCUT2D eigenvalue weighted by Crippen LogP contribution is 2.26. The van der Waals surface area contributed by atoms with E-state index in [2.05, 4.69) is 25.7 Å². The van der Waals surface area contributed by atoms with E-state index in [1.165, 1.54) is 0 Å². The molecular weight excluding hydrogens is 298 g/mol. The lowest BCUT2D eigenvalue weighted by Gasteiger charge is -2.08. The van der Waals surface area contributed by atoms with Crippen molar-refractivity contribution in [3.8, 4) is 6.07 Å². The molecule has 0 saturated heterocycles. The molecule has 90 valence electrons. The molecule has 1 heterocycles. The van der Waals surface area contributed by atoms with Crippen LogP contribution in [0.4, 0.5) is 8.78 Å². The summed E-state index contributed by atoms with van der Waals surface area (Å²) in [5.74, 6) is -0.821. The second-order valence-electron chi connectivity index (χ2n) is 2.96. The first-order valence-corrected chi connectivity index (χ1v) is 5.53. The summed E-state index contributed by atoms with van der Waals surface area (Å²) in [6, 6.07) is 2.53. The van der Waals surface area contributed by atoms with Crippen LogP contribution in [0.5, 0.6) is 0 Å². The highest BCUT2D eigenvalue weighted by atomic mass is 79.9. The molecule has 7 heteroatoms. The molecule has 0 spiro atoms. The van der Waals surface area contributed by atoms with E-state index in [-0.39, 0.29) is 22.3 Å². The minimum atomic E-state index is -2.85. The van der Waals surface area contributed by atoms with Gasteiger partial charge in [-0.05, 0) is 6.07 Å². The molecule has 0 amide bonds. The summed E-state index contributed by atoms with van der Waals surface area (Å²) in [5, 5.41) is 8.90. The third kappa shape index (κ3) is 2.77. The normalized spacial score (nSPS) is 10.1. The van der Waals surface area contributed by atoms with Gasteiger partial charge in [0.25, 0.3) is 6.43 Å². The van der Waals surface area contributed by atoms with Crippen LogP contribution in [-0.2, 0) is 10.1 Å². The molecule has 0 aliphatic rings. The standard InChI is InChI=1S/C10H7BrF2N2O2/c1-17-10(16)7-2-5(9(12)13)6(4-14)8(3-11)15-7/h2,9H,3H2,1H3. The predicted octanol–water partition coefficient (Wildman–Crippen LogP) is 2.57. The lowest BCUT2D eigenvalue weighted by atomic mass is 10.1. The number of alkyl halides is 3. The van der Waals surface area contributed by atoms with E-state index < -0.39 is 18.0 Å². The Balaban J connectivity index is 3.47. The third-order valence-corrected chi connectivity index (χ3v) is 2.52. The van der Waals surface area contributed by atoms with Gasteiger partial charge in [0.05, 0.1) is 18.4 Å². The Labute approximate surface area is 104 Å². The summed E-state index contributed by atoms with van der Waals surface area (Å²) in [4.78, 5) is 15.0. The summed E-state index contributed by atoms with van der Waals surface area (Å²) in [6.07, 6.45) is -2.85. The van der Waals surface area contributed by atoms with Crippen LogP contribution in [0.25, 0.3) is 0 Å². The van der Waals surface area contributed by atoms with Crippen molar-refractivity contribution in [1.29, 1.82) is 5.26 Å². The zero-order chi connectivity index (χ0) is 13.0. The number of esters is 1. The second kappa shape index (κ2) is 5.68. The largest absolute Gasteiger partial charge is 0.464 e. The topological polar surface area (TPSA) is 63.0 Å². The maximum atomic E-state index is 12.7. The van der Waals surface area contributed by atoms with E-state index in [9.17, 15) is 13.6 Å². The molecule has 0 aromatic carbocycles. The quantitative estimate of drug-likeness (QED) is 0.636. The maximum Gasteiger partial charge on any atom is 0.356 e. The Morgan fingerprint density at radius 1 is 1.71 bits per heavy atom. The number of aromatic nitrogens is 1. The maximum absolute atomic E-state index is 12.7. The summed E-state index contributed by atoms with van der Waals surface area (Å²) in [6.45, 7) is 0. The molecular formula is C10H7BrF2N2O2. The van der Waals surface area contributed by atoms with Gasteiger partial charge in [-0.2, -0.15) is 5.26 Å². The fourth-order valence-corrected chi connectivity index (χ4v) is 1.63. The Morgan fingerprint density at radius 3 is 2.76 bits per heavy atom. The Hall–Kier alpha value is -1.55. The number of methoxy groups -OCH3 is 1. The Morgan fingerprint density at radius 2 is 2.35 bits per heavy atom. The zero-order valence-electron chi connectivity index (χ0n) is 8.71. The van der Waals surface area contributed by atoms with Crippen molar-refractivity contribution < 1.29 is 18.3 Å². The number of pyridine rings is 1. The van der Waals surface area contributed by atoms with Crippen molar-refractivity contribution in [3.05, 3.63) is 28.6 Å². The number of hydrogen-bond acceptors (Lipinski definition) is 4. The van der Waals surface area contributed by atoms with Crippen molar-refractivity contribution in [2.75, 3.05) is 7.11 Å². The predicted molar refractivity (Wildman–Crippen MR) is 57.9 cm³/mol. The van der Waals surface area contributed by atoms with Gasteiger partial charge in [0, 0.05) is 10.9 Å². The average Bonchev–Trinajstić information content (AvgIpc) is 2.35. The highest BCUT2D eigenvalue weighted by Gasteiger charge is 2.21. The van der Waals surface area contributed by atoms with Crippen LogP contribution in [0.3, 0.4) is 0 Å². The van der Waals surface area contributed by atoms with Gasteiger partial charge >= 0.3 is 5.97 Å². The molecule has 0 aliphatic heterocycles. The van der Waals surface area contributed by atoms with E-state index in [0.717, 1.165) is 13.2 Å². The van der Waals surface area contributed by atoms with Gasteiger partial charge in [-0.1, -0.05) is 15.9 Å². The van der Waals surface area contributed by atoms with Crippen LogP contribution in [0, 0.1) is 11.3 Å². The van der Waals surface area contributed by atoms with Gasteiger partial charge in [0.15, 0.2) is 0 Å². The molecule has 17 heavy (non-hydrogen) atoms. The molecule has 0 saturated carbocycles. The summed E-state index contributed by atoms with van der Waals surface area (Å²) in [7, 11) is 1.12. The van der Waals surface area contributed by atoms with Crippen LogP contribution in [0.2, 0.25) is 0 Å². The van der Waals surface area contributed by atoms with Crippen LogP contribution in [0.1, 0.15) is 33.7 Å². The van der Waals surface area contributed by atoms with Gasteiger partial charge in [0.2, 0.25) is 0 Å². The number of carbonyl (C=O) groups is 1. The molecule has 0 atom stereocenters. The molecule has 4 nitrogen and oxygen atoms in total. The first kappa shape index (κ1) is 13.5. The van der Waals surface area contributed by atoms with Gasteiger partial charge in [-0.15, -0.1) is 0 Å². The molecule has 1 aromatic heterocycles. The number of carbonyl (C=O) groups excluding carboxylic acids is 1. The van der Waals surface area contributed by atoms with E-state index in [4.69, 9.17) is 5.26 Å². The fraction of sp³-hybridized carbons (Fsp3) is 0.300. The monoisotopic (exact) mass is 304 g/mol. The van der Waals surface area contributed by atoms with E-state index in [0.29, 0.717) is 0 Å². The molecule has 0 bridgehead atoms. The van der Waals surface area contributed by atoms with Crippen LogP contribution in [-0.4, -0.2) is 18.1 Å². The second-order valence-corrected chi connectivity index (χ2v) is 3.52. The number of rotatable bonds is 3. The van der Waals surface area contributed by atoms with Crippen molar-refractivity contribution in [2.45, 2.75) is 11.8 Å². The van der Waals surface area contributed by atoms with Crippen LogP contribution >= 0.6 is 15.9 Å². The average molecular weight is 305 g/mol. The molecule has 1 rings (SSSR count). The van der Waals surface area contributed by atoms with Gasteiger partial charge in [-0.3, -0.25) is 0 Å². The molecule has 0 unspecified atom stereocenters. The molecule has 0 aliphatic carbocycles. The third-order valence-electron chi connectivity index (χ3n) is 1.99. The van der Waals surface area contributed by atoms with Crippen molar-refractivity contribution in [2.24, 2.45) is 0 Å². The van der Waals surface area contributed by atoms with Gasteiger partial charge in [0.1, 0.15) is 11.8 Å². The summed E-state index contributed by atoms with van der Waals surface area (Å²) < 4.78 is 29.9.